The Bertz CT molecular complexity index is 937. The van der Waals surface area contributed by atoms with Gasteiger partial charge in [-0.2, -0.15) is 0 Å². The van der Waals surface area contributed by atoms with E-state index in [1.807, 2.05) is 26.0 Å². The highest BCUT2D eigenvalue weighted by Gasteiger charge is 2.20. The van der Waals surface area contributed by atoms with Crippen molar-refractivity contribution in [3.05, 3.63) is 59.2 Å². The Balaban J connectivity index is 2.02. The van der Waals surface area contributed by atoms with Crippen LogP contribution in [0.1, 0.15) is 28.4 Å². The van der Waals surface area contributed by atoms with E-state index in [4.69, 9.17) is 9.88 Å². The fourth-order valence-electron chi connectivity index (χ4n) is 2.25. The third-order valence-corrected chi connectivity index (χ3v) is 4.64. The van der Waals surface area contributed by atoms with Gasteiger partial charge in [0.05, 0.1) is 10.5 Å². The van der Waals surface area contributed by atoms with Crippen LogP contribution in [0.3, 0.4) is 0 Å². The Morgan fingerprint density at radius 3 is 2.23 bits per heavy atom. The molecule has 7 nitrogen and oxygen atoms in total. The number of nitrogens with one attached hydrogen (secondary N) is 1. The molecular weight excluding hydrogens is 356 g/mol. The number of primary sulfonamides is 1. The van der Waals surface area contributed by atoms with Crippen LogP contribution in [-0.2, 0) is 19.6 Å². The minimum absolute atomic E-state index is 0.114. The predicted molar refractivity (Wildman–Crippen MR) is 97.2 cm³/mol. The average Bonchev–Trinajstić information content (AvgIpc) is 2.56. The van der Waals surface area contributed by atoms with E-state index in [0.29, 0.717) is 5.69 Å². The fraction of sp³-hybridized carbons (Fsp3) is 0.222. The molecule has 2 rings (SSSR count). The molecule has 138 valence electrons. The van der Waals surface area contributed by atoms with Gasteiger partial charge >= 0.3 is 5.97 Å². The van der Waals surface area contributed by atoms with E-state index in [9.17, 15) is 18.0 Å². The maximum atomic E-state index is 12.2. The second-order valence-corrected chi connectivity index (χ2v) is 7.49. The smallest absolute Gasteiger partial charge is 0.338 e. The molecule has 2 aromatic carbocycles. The summed E-state index contributed by atoms with van der Waals surface area (Å²) in [5.74, 6) is -1.21. The molecule has 0 radical (unpaired) electrons. The van der Waals surface area contributed by atoms with Crippen LogP contribution in [0.25, 0.3) is 0 Å². The third kappa shape index (κ3) is 4.90. The van der Waals surface area contributed by atoms with Gasteiger partial charge in [-0.05, 0) is 56.7 Å². The molecule has 1 unspecified atom stereocenters. The largest absolute Gasteiger partial charge is 0.449 e. The van der Waals surface area contributed by atoms with Gasteiger partial charge in [-0.25, -0.2) is 18.4 Å². The van der Waals surface area contributed by atoms with Gasteiger partial charge in [-0.3, -0.25) is 4.79 Å². The van der Waals surface area contributed by atoms with Gasteiger partial charge in [0.15, 0.2) is 6.10 Å². The van der Waals surface area contributed by atoms with Gasteiger partial charge in [-0.1, -0.05) is 17.7 Å². The van der Waals surface area contributed by atoms with Crippen molar-refractivity contribution in [2.24, 2.45) is 5.14 Å². The topological polar surface area (TPSA) is 116 Å². The highest BCUT2D eigenvalue weighted by Crippen LogP contribution is 2.17. The van der Waals surface area contributed by atoms with Crippen LogP contribution in [0, 0.1) is 13.8 Å². The normalized spacial score (nSPS) is 12.3. The summed E-state index contributed by atoms with van der Waals surface area (Å²) in [7, 11) is -3.84. The van der Waals surface area contributed by atoms with Crippen molar-refractivity contribution in [1.82, 2.24) is 0 Å². The highest BCUT2D eigenvalue weighted by atomic mass is 32.2. The monoisotopic (exact) mass is 376 g/mol. The van der Waals surface area contributed by atoms with E-state index in [1.165, 1.54) is 31.2 Å². The summed E-state index contributed by atoms with van der Waals surface area (Å²) in [4.78, 5) is 24.2. The molecule has 3 N–H and O–H groups in total. The van der Waals surface area contributed by atoms with Crippen molar-refractivity contribution in [2.45, 2.75) is 31.8 Å². The second-order valence-electron chi connectivity index (χ2n) is 5.92. The zero-order chi connectivity index (χ0) is 19.5. The second kappa shape index (κ2) is 7.67. The molecule has 8 heteroatoms. The molecule has 26 heavy (non-hydrogen) atoms. The lowest BCUT2D eigenvalue weighted by molar-refractivity contribution is -0.123. The van der Waals surface area contributed by atoms with Gasteiger partial charge in [0.1, 0.15) is 0 Å². The first-order valence-corrected chi connectivity index (χ1v) is 9.34. The lowest BCUT2D eigenvalue weighted by atomic mass is 10.1. The maximum Gasteiger partial charge on any atom is 0.338 e. The first-order chi connectivity index (χ1) is 12.1. The lowest BCUT2D eigenvalue weighted by Crippen LogP contribution is -2.30. The number of ether oxygens (including phenoxy) is 1. The number of rotatable bonds is 5. The van der Waals surface area contributed by atoms with E-state index < -0.39 is 28.0 Å². The van der Waals surface area contributed by atoms with Gasteiger partial charge in [0.2, 0.25) is 10.0 Å². The number of benzene rings is 2. The van der Waals surface area contributed by atoms with Gasteiger partial charge in [-0.15, -0.1) is 0 Å². The molecule has 1 atom stereocenters. The zero-order valence-electron chi connectivity index (χ0n) is 14.6. The molecule has 0 heterocycles. The van der Waals surface area contributed by atoms with Crippen LogP contribution in [0.5, 0.6) is 0 Å². The molecule has 0 fully saturated rings. The molecule has 2 aromatic rings. The molecule has 0 saturated carbocycles. The summed E-state index contributed by atoms with van der Waals surface area (Å²) in [6, 6.07) is 10.5. The molecule has 0 saturated heterocycles. The molecule has 0 aliphatic rings. The van der Waals surface area contributed by atoms with E-state index in [2.05, 4.69) is 5.32 Å². The van der Waals surface area contributed by atoms with Crippen molar-refractivity contribution in [3.8, 4) is 0 Å². The van der Waals surface area contributed by atoms with Crippen molar-refractivity contribution in [3.63, 3.8) is 0 Å². The number of sulfonamides is 1. The number of aryl methyl sites for hydroxylation is 2. The van der Waals surface area contributed by atoms with Crippen LogP contribution in [0.15, 0.2) is 47.4 Å². The van der Waals surface area contributed by atoms with Crippen LogP contribution in [0.2, 0.25) is 0 Å². The molecule has 1 amide bonds. The summed E-state index contributed by atoms with van der Waals surface area (Å²) >= 11 is 0. The Morgan fingerprint density at radius 1 is 1.08 bits per heavy atom. The number of carbonyl (C=O) groups excluding carboxylic acids is 2. The van der Waals surface area contributed by atoms with E-state index >= 15 is 0 Å². The Labute approximate surface area is 152 Å². The molecule has 0 aromatic heterocycles. The highest BCUT2D eigenvalue weighted by molar-refractivity contribution is 7.89. The zero-order valence-corrected chi connectivity index (χ0v) is 15.5. The summed E-state index contributed by atoms with van der Waals surface area (Å²) in [6.45, 7) is 5.27. The van der Waals surface area contributed by atoms with Crippen LogP contribution in [-0.4, -0.2) is 26.4 Å². The van der Waals surface area contributed by atoms with Crippen molar-refractivity contribution in [2.75, 3.05) is 5.32 Å². The molecule has 0 aliphatic carbocycles. The number of nitrogens with two attached hydrogens (primary N) is 1. The average molecular weight is 376 g/mol. The van der Waals surface area contributed by atoms with Crippen molar-refractivity contribution < 1.29 is 22.7 Å². The summed E-state index contributed by atoms with van der Waals surface area (Å²) in [5, 5.41) is 7.71. The first kappa shape index (κ1) is 19.6. The Morgan fingerprint density at radius 2 is 1.69 bits per heavy atom. The minimum atomic E-state index is -3.84. The van der Waals surface area contributed by atoms with Crippen LogP contribution >= 0.6 is 0 Å². The SMILES string of the molecule is Cc1ccc(NC(=O)C(C)OC(=O)c2ccc(S(N)(=O)=O)cc2)c(C)c1. The van der Waals surface area contributed by atoms with Gasteiger partial charge in [0, 0.05) is 5.69 Å². The lowest BCUT2D eigenvalue weighted by Gasteiger charge is -2.15. The number of esters is 1. The van der Waals surface area contributed by atoms with E-state index in [0.717, 1.165) is 11.1 Å². The number of hydrogen-bond acceptors (Lipinski definition) is 5. The third-order valence-electron chi connectivity index (χ3n) is 3.71. The summed E-state index contributed by atoms with van der Waals surface area (Å²) < 4.78 is 27.6. The first-order valence-electron chi connectivity index (χ1n) is 7.80. The predicted octanol–water partition coefficient (Wildman–Crippen LogP) is 2.13. The fourth-order valence-corrected chi connectivity index (χ4v) is 2.77. The Hall–Kier alpha value is -2.71. The van der Waals surface area contributed by atoms with Crippen LogP contribution in [0.4, 0.5) is 5.69 Å². The molecule has 0 bridgehead atoms. The minimum Gasteiger partial charge on any atom is -0.449 e. The van der Waals surface area contributed by atoms with Crippen LogP contribution < -0.4 is 10.5 Å². The number of amides is 1. The molecule has 0 aliphatic heterocycles. The van der Waals surface area contributed by atoms with E-state index in [1.54, 1.807) is 6.07 Å². The van der Waals surface area contributed by atoms with Crippen molar-refractivity contribution in [1.29, 1.82) is 0 Å². The Kier molecular flexibility index (Phi) is 5.79. The van der Waals surface area contributed by atoms with E-state index in [-0.39, 0.29) is 10.5 Å². The summed E-state index contributed by atoms with van der Waals surface area (Å²) in [5.41, 5.74) is 2.72. The van der Waals surface area contributed by atoms with Gasteiger partial charge < -0.3 is 10.1 Å². The quantitative estimate of drug-likeness (QED) is 0.776. The molecule has 0 spiro atoms. The molecular formula is C18H20N2O5S. The number of hydrogen-bond donors (Lipinski definition) is 2. The maximum absolute atomic E-state index is 12.2. The number of carbonyl (C=O) groups is 2. The summed E-state index contributed by atoms with van der Waals surface area (Å²) in [6.07, 6.45) is -1.03. The number of anilines is 1. The van der Waals surface area contributed by atoms with Crippen molar-refractivity contribution >= 4 is 27.6 Å². The van der Waals surface area contributed by atoms with Gasteiger partial charge in [0.25, 0.3) is 5.91 Å². The standard InChI is InChI=1S/C18H20N2O5S/c1-11-4-9-16(12(2)10-11)20-17(21)13(3)25-18(22)14-5-7-15(8-6-14)26(19,23)24/h4-10,13H,1-3H3,(H,20,21)(H2,19,23,24).